The van der Waals surface area contributed by atoms with Crippen LogP contribution in [0.3, 0.4) is 0 Å². The molecule has 1 saturated heterocycles. The first-order valence-corrected chi connectivity index (χ1v) is 12.8. The zero-order valence-electron chi connectivity index (χ0n) is 19.0. The van der Waals surface area contributed by atoms with E-state index in [2.05, 4.69) is 21.0 Å². The zero-order chi connectivity index (χ0) is 23.6. The van der Waals surface area contributed by atoms with Gasteiger partial charge in [-0.05, 0) is 74.8 Å². The Balaban J connectivity index is 1.51. The van der Waals surface area contributed by atoms with E-state index in [0.717, 1.165) is 47.9 Å². The van der Waals surface area contributed by atoms with E-state index in [4.69, 9.17) is 4.74 Å². The Bertz CT molecular complexity index is 1230. The van der Waals surface area contributed by atoms with Gasteiger partial charge in [0.2, 0.25) is 0 Å². The van der Waals surface area contributed by atoms with Crippen molar-refractivity contribution in [3.05, 3.63) is 63.3 Å². The molecule has 1 saturated carbocycles. The van der Waals surface area contributed by atoms with Gasteiger partial charge < -0.3 is 4.74 Å². The Hall–Kier alpha value is -1.90. The molecule has 0 bridgehead atoms. The second kappa shape index (κ2) is 8.35. The minimum atomic E-state index is -1.28. The van der Waals surface area contributed by atoms with Crippen molar-refractivity contribution in [2.45, 2.75) is 69.4 Å². The molecule has 0 spiro atoms. The Morgan fingerprint density at radius 2 is 1.94 bits per heavy atom. The molecule has 0 amide bonds. The standard InChI is InChI=1S/C26H27BrF3N3O/c1-15-10-18-17(5-6-22-19(18)13-31-33(22)23-4-2-3-9-34-23)25(32(15)14-26(30)7-8-26)24-20(28)11-16(27)12-21(24)29/h5-6,11-13,15,23,25H,2-4,7-10,14H2,1H3/t15-,23?,25+/m1/s1. The highest BCUT2D eigenvalue weighted by molar-refractivity contribution is 9.10. The molecule has 3 atom stereocenters. The number of alkyl halides is 1. The minimum absolute atomic E-state index is 0.0254. The van der Waals surface area contributed by atoms with Crippen LogP contribution in [0, 0.1) is 11.6 Å². The van der Waals surface area contributed by atoms with Crippen molar-refractivity contribution in [3.63, 3.8) is 0 Å². The summed E-state index contributed by atoms with van der Waals surface area (Å²) in [5.74, 6) is -1.26. The van der Waals surface area contributed by atoms with Gasteiger partial charge in [0.25, 0.3) is 0 Å². The molecule has 2 aromatic carbocycles. The van der Waals surface area contributed by atoms with Crippen molar-refractivity contribution in [2.75, 3.05) is 13.2 Å². The van der Waals surface area contributed by atoms with Gasteiger partial charge in [0, 0.05) is 34.6 Å². The van der Waals surface area contributed by atoms with E-state index in [1.807, 2.05) is 34.8 Å². The summed E-state index contributed by atoms with van der Waals surface area (Å²) in [5.41, 5.74) is 1.51. The van der Waals surface area contributed by atoms with Crippen LogP contribution in [0.15, 0.2) is 34.9 Å². The third kappa shape index (κ3) is 3.78. The Kier molecular flexibility index (Phi) is 5.54. The molecule has 4 nitrogen and oxygen atoms in total. The number of ether oxygens (including phenoxy) is 1. The number of aromatic nitrogens is 2. The summed E-state index contributed by atoms with van der Waals surface area (Å²) >= 11 is 3.19. The highest BCUT2D eigenvalue weighted by Gasteiger charge is 2.48. The molecule has 0 N–H and O–H groups in total. The van der Waals surface area contributed by atoms with E-state index in [0.29, 0.717) is 23.7 Å². The van der Waals surface area contributed by atoms with Crippen molar-refractivity contribution in [3.8, 4) is 0 Å². The van der Waals surface area contributed by atoms with Crippen molar-refractivity contribution >= 4 is 26.8 Å². The molecule has 6 rings (SSSR count). The summed E-state index contributed by atoms with van der Waals surface area (Å²) in [6.45, 7) is 2.91. The highest BCUT2D eigenvalue weighted by atomic mass is 79.9. The van der Waals surface area contributed by atoms with E-state index in [9.17, 15) is 4.39 Å². The largest absolute Gasteiger partial charge is 0.356 e. The fraction of sp³-hybridized carbons (Fsp3) is 0.500. The summed E-state index contributed by atoms with van der Waals surface area (Å²) in [5, 5.41) is 5.62. The summed E-state index contributed by atoms with van der Waals surface area (Å²) in [6, 6.07) is 5.69. The van der Waals surface area contributed by atoms with E-state index in [1.54, 1.807) is 0 Å². The third-order valence-electron chi connectivity index (χ3n) is 7.62. The third-order valence-corrected chi connectivity index (χ3v) is 8.08. The molecular weight excluding hydrogens is 507 g/mol. The van der Waals surface area contributed by atoms with Crippen LogP contribution < -0.4 is 0 Å². The number of nitrogens with zero attached hydrogens (tertiary/aromatic N) is 3. The second-order valence-corrected chi connectivity index (χ2v) is 11.0. The number of hydrogen-bond acceptors (Lipinski definition) is 3. The fourth-order valence-corrected chi connectivity index (χ4v) is 6.08. The van der Waals surface area contributed by atoms with Gasteiger partial charge in [0.15, 0.2) is 6.23 Å². The molecule has 3 heterocycles. The van der Waals surface area contributed by atoms with Gasteiger partial charge in [-0.1, -0.05) is 22.0 Å². The monoisotopic (exact) mass is 533 g/mol. The van der Waals surface area contributed by atoms with Crippen molar-refractivity contribution in [1.29, 1.82) is 0 Å². The molecule has 1 aromatic heterocycles. The molecule has 3 aromatic rings. The number of benzene rings is 2. The molecule has 0 radical (unpaired) electrons. The molecule has 1 unspecified atom stereocenters. The molecule has 3 aliphatic rings. The van der Waals surface area contributed by atoms with Crippen LogP contribution in [0.5, 0.6) is 0 Å². The maximum Gasteiger partial charge on any atom is 0.150 e. The average molecular weight is 534 g/mol. The molecular formula is C26H27BrF3N3O. The smallest absolute Gasteiger partial charge is 0.150 e. The maximum absolute atomic E-state index is 15.3. The van der Waals surface area contributed by atoms with Crippen LogP contribution in [-0.2, 0) is 11.2 Å². The second-order valence-electron chi connectivity index (χ2n) is 10.0. The lowest BCUT2D eigenvalue weighted by Crippen LogP contribution is -2.46. The van der Waals surface area contributed by atoms with Gasteiger partial charge >= 0.3 is 0 Å². The maximum atomic E-state index is 15.3. The first-order valence-electron chi connectivity index (χ1n) is 12.0. The lowest BCUT2D eigenvalue weighted by Gasteiger charge is -2.43. The Morgan fingerprint density at radius 3 is 2.62 bits per heavy atom. The van der Waals surface area contributed by atoms with Crippen LogP contribution in [0.25, 0.3) is 10.9 Å². The highest BCUT2D eigenvalue weighted by Crippen LogP contribution is 2.48. The molecule has 180 valence electrons. The topological polar surface area (TPSA) is 30.3 Å². The number of fused-ring (bicyclic) bond motifs is 3. The average Bonchev–Trinajstić information content (AvgIpc) is 3.36. The Labute approximate surface area is 205 Å². The molecule has 34 heavy (non-hydrogen) atoms. The van der Waals surface area contributed by atoms with E-state index in [-0.39, 0.29) is 24.4 Å². The molecule has 2 aliphatic heterocycles. The van der Waals surface area contributed by atoms with E-state index < -0.39 is 23.3 Å². The van der Waals surface area contributed by atoms with Crippen molar-refractivity contribution < 1.29 is 17.9 Å². The van der Waals surface area contributed by atoms with Gasteiger partial charge in [-0.2, -0.15) is 5.10 Å². The summed E-state index contributed by atoms with van der Waals surface area (Å²) < 4.78 is 53.8. The number of rotatable bonds is 4. The van der Waals surface area contributed by atoms with Crippen LogP contribution >= 0.6 is 15.9 Å². The predicted octanol–water partition coefficient (Wildman–Crippen LogP) is 6.61. The van der Waals surface area contributed by atoms with Crippen molar-refractivity contribution in [2.24, 2.45) is 0 Å². The normalized spacial score (nSPS) is 26.6. The predicted molar refractivity (Wildman–Crippen MR) is 127 cm³/mol. The first-order chi connectivity index (χ1) is 16.3. The van der Waals surface area contributed by atoms with Gasteiger partial charge in [-0.25, -0.2) is 17.9 Å². The summed E-state index contributed by atoms with van der Waals surface area (Å²) in [4.78, 5) is 1.95. The number of halogens is 4. The van der Waals surface area contributed by atoms with Gasteiger partial charge in [0.05, 0.1) is 17.8 Å². The summed E-state index contributed by atoms with van der Waals surface area (Å²) in [7, 11) is 0. The summed E-state index contributed by atoms with van der Waals surface area (Å²) in [6.07, 6.45) is 6.46. The van der Waals surface area contributed by atoms with Gasteiger partial charge in [-0.3, -0.25) is 4.90 Å². The van der Waals surface area contributed by atoms with E-state index >= 15 is 8.78 Å². The zero-order valence-corrected chi connectivity index (χ0v) is 20.6. The quantitative estimate of drug-likeness (QED) is 0.377. The van der Waals surface area contributed by atoms with Gasteiger partial charge in [-0.15, -0.1) is 0 Å². The number of hydrogen-bond donors (Lipinski definition) is 0. The van der Waals surface area contributed by atoms with Crippen LogP contribution in [-0.4, -0.2) is 39.5 Å². The minimum Gasteiger partial charge on any atom is -0.356 e. The van der Waals surface area contributed by atoms with Crippen LogP contribution in [0.4, 0.5) is 13.2 Å². The fourth-order valence-electron chi connectivity index (χ4n) is 5.68. The molecule has 2 fully saturated rings. The molecule has 8 heteroatoms. The lowest BCUT2D eigenvalue weighted by molar-refractivity contribution is -0.0366. The van der Waals surface area contributed by atoms with Crippen LogP contribution in [0.1, 0.15) is 68.0 Å². The van der Waals surface area contributed by atoms with Crippen LogP contribution in [0.2, 0.25) is 0 Å². The lowest BCUT2D eigenvalue weighted by atomic mass is 9.83. The molecule has 1 aliphatic carbocycles. The first kappa shape index (κ1) is 22.6. The SMILES string of the molecule is C[C@@H]1Cc2c(ccc3c2cnn3C2CCCCO2)[C@@H](c2c(F)cc(Br)cc2F)N1CC1(F)CC1. The van der Waals surface area contributed by atoms with Crippen molar-refractivity contribution in [1.82, 2.24) is 14.7 Å². The van der Waals surface area contributed by atoms with Gasteiger partial charge in [0.1, 0.15) is 17.3 Å². The van der Waals surface area contributed by atoms with E-state index in [1.165, 1.54) is 12.1 Å². The Morgan fingerprint density at radius 1 is 1.18 bits per heavy atom.